The maximum Gasteiger partial charge on any atom is 0.341 e. The number of rotatable bonds is 6. The highest BCUT2D eigenvalue weighted by Crippen LogP contribution is 2.54. The summed E-state index contributed by atoms with van der Waals surface area (Å²) in [4.78, 5) is 24.4. The van der Waals surface area contributed by atoms with Crippen LogP contribution in [-0.2, 0) is 39.7 Å². The zero-order chi connectivity index (χ0) is 19.9. The number of esters is 1. The lowest BCUT2D eigenvalue weighted by atomic mass is 9.79. The molecule has 2 aliphatic heterocycles. The molecule has 148 valence electrons. The van der Waals surface area contributed by atoms with E-state index < -0.39 is 29.6 Å². The number of carbonyl (C=O) groups is 2. The molecule has 8 nitrogen and oxygen atoms in total. The molecular formula is C20H21NO7. The monoisotopic (exact) mass is 387 g/mol. The van der Waals surface area contributed by atoms with E-state index in [1.165, 1.54) is 14.2 Å². The Labute approximate surface area is 161 Å². The van der Waals surface area contributed by atoms with Gasteiger partial charge >= 0.3 is 5.97 Å². The highest BCUT2D eigenvalue weighted by Gasteiger charge is 2.70. The van der Waals surface area contributed by atoms with Gasteiger partial charge in [-0.25, -0.2) is 4.79 Å². The molecule has 4 rings (SSSR count). The number of nitrogens with two attached hydrogens (primary N) is 1. The minimum absolute atomic E-state index is 0.0432. The average molecular weight is 387 g/mol. The third-order valence-electron chi connectivity index (χ3n) is 5.40. The van der Waals surface area contributed by atoms with E-state index in [1.807, 2.05) is 30.3 Å². The normalized spacial score (nSPS) is 31.3. The van der Waals surface area contributed by atoms with Gasteiger partial charge in [0.05, 0.1) is 0 Å². The molecule has 0 radical (unpaired) electrons. The van der Waals surface area contributed by atoms with E-state index in [2.05, 4.69) is 0 Å². The van der Waals surface area contributed by atoms with Crippen molar-refractivity contribution in [1.82, 2.24) is 0 Å². The van der Waals surface area contributed by atoms with Crippen molar-refractivity contribution in [3.8, 4) is 0 Å². The summed E-state index contributed by atoms with van der Waals surface area (Å²) in [6, 6.07) is 9.88. The second-order valence-electron chi connectivity index (χ2n) is 6.72. The zero-order valence-electron chi connectivity index (χ0n) is 15.6. The molecule has 3 unspecified atom stereocenters. The minimum atomic E-state index is -1.68. The summed E-state index contributed by atoms with van der Waals surface area (Å²) in [6.45, 7) is -0.157. The second kappa shape index (κ2) is 6.82. The van der Waals surface area contributed by atoms with Crippen molar-refractivity contribution < 1.29 is 33.3 Å². The number of aryl methyl sites for hydroxylation is 1. The van der Waals surface area contributed by atoms with Crippen LogP contribution >= 0.6 is 0 Å². The summed E-state index contributed by atoms with van der Waals surface area (Å²) in [5, 5.41) is 0. The first-order valence-electron chi connectivity index (χ1n) is 8.87. The SMILES string of the molecule is COC12OCOC1(OC)C1=C(C=C2CCc2ccccc2)C(C(N)=O)OC1=O. The van der Waals surface area contributed by atoms with E-state index >= 15 is 0 Å². The molecule has 1 amide bonds. The Bertz CT molecular complexity index is 878. The number of ether oxygens (including phenoxy) is 5. The first kappa shape index (κ1) is 18.8. The van der Waals surface area contributed by atoms with Gasteiger partial charge in [-0.1, -0.05) is 30.3 Å². The Morgan fingerprint density at radius 2 is 1.82 bits per heavy atom. The van der Waals surface area contributed by atoms with Gasteiger partial charge in [-0.15, -0.1) is 0 Å². The smallest absolute Gasteiger partial charge is 0.341 e. The largest absolute Gasteiger partial charge is 0.444 e. The zero-order valence-corrected chi connectivity index (χ0v) is 15.6. The van der Waals surface area contributed by atoms with E-state index in [0.29, 0.717) is 24.0 Å². The van der Waals surface area contributed by atoms with Crippen molar-refractivity contribution in [3.05, 3.63) is 58.7 Å². The molecule has 1 aromatic rings. The van der Waals surface area contributed by atoms with Crippen LogP contribution in [0.5, 0.6) is 0 Å². The van der Waals surface area contributed by atoms with Crippen LogP contribution in [0.4, 0.5) is 0 Å². The number of amides is 1. The van der Waals surface area contributed by atoms with Crippen molar-refractivity contribution in [2.75, 3.05) is 21.0 Å². The molecule has 2 N–H and O–H groups in total. The van der Waals surface area contributed by atoms with Crippen LogP contribution in [-0.4, -0.2) is 50.6 Å². The maximum atomic E-state index is 12.6. The number of benzene rings is 1. The molecule has 0 bridgehead atoms. The third kappa shape index (κ3) is 2.46. The summed E-state index contributed by atoms with van der Waals surface area (Å²) < 4.78 is 28.2. The highest BCUT2D eigenvalue weighted by molar-refractivity contribution is 6.01. The third-order valence-corrected chi connectivity index (χ3v) is 5.40. The predicted molar refractivity (Wildman–Crippen MR) is 95.5 cm³/mol. The fraction of sp³-hybridized carbons (Fsp3) is 0.400. The van der Waals surface area contributed by atoms with Gasteiger partial charge in [0.1, 0.15) is 5.57 Å². The molecule has 1 fully saturated rings. The van der Waals surface area contributed by atoms with Gasteiger partial charge in [0, 0.05) is 19.8 Å². The second-order valence-corrected chi connectivity index (χ2v) is 6.72. The van der Waals surface area contributed by atoms with Gasteiger partial charge in [0.2, 0.25) is 6.10 Å². The molecule has 0 saturated carbocycles. The van der Waals surface area contributed by atoms with Crippen LogP contribution in [0, 0.1) is 0 Å². The van der Waals surface area contributed by atoms with Gasteiger partial charge in [0.15, 0.2) is 6.79 Å². The average Bonchev–Trinajstić information content (AvgIpc) is 3.26. The quantitative estimate of drug-likeness (QED) is 0.725. The summed E-state index contributed by atoms with van der Waals surface area (Å²) in [6.07, 6.45) is 1.68. The Balaban J connectivity index is 1.82. The van der Waals surface area contributed by atoms with Crippen LogP contribution in [0.2, 0.25) is 0 Å². The van der Waals surface area contributed by atoms with Gasteiger partial charge in [-0.2, -0.15) is 0 Å². The Morgan fingerprint density at radius 1 is 1.14 bits per heavy atom. The Morgan fingerprint density at radius 3 is 2.46 bits per heavy atom. The molecule has 0 aromatic heterocycles. The number of hydrogen-bond acceptors (Lipinski definition) is 7. The number of hydrogen-bond donors (Lipinski definition) is 1. The fourth-order valence-electron chi connectivity index (χ4n) is 4.15. The number of cyclic esters (lactones) is 1. The molecule has 1 aromatic carbocycles. The van der Waals surface area contributed by atoms with E-state index in [-0.39, 0.29) is 12.4 Å². The Hall–Kier alpha value is -2.52. The molecule has 1 aliphatic carbocycles. The standard InChI is InChI=1S/C20H21NO7/c1-24-19-13(9-8-12-6-4-3-5-7-12)10-14-15(18(23)28-16(14)17(21)22)20(19,25-2)27-11-26-19/h3-7,10,16H,8-9,11H2,1-2H3,(H2,21,22). The molecular weight excluding hydrogens is 366 g/mol. The first-order chi connectivity index (χ1) is 13.5. The molecule has 3 aliphatic rings. The lowest BCUT2D eigenvalue weighted by Gasteiger charge is -2.43. The van der Waals surface area contributed by atoms with Crippen LogP contribution < -0.4 is 5.73 Å². The molecule has 3 atom stereocenters. The minimum Gasteiger partial charge on any atom is -0.444 e. The van der Waals surface area contributed by atoms with Crippen LogP contribution in [0.25, 0.3) is 0 Å². The van der Waals surface area contributed by atoms with Crippen LogP contribution in [0.1, 0.15) is 12.0 Å². The molecule has 28 heavy (non-hydrogen) atoms. The van der Waals surface area contributed by atoms with E-state index in [0.717, 1.165) is 5.56 Å². The summed E-state index contributed by atoms with van der Waals surface area (Å²) in [5.41, 5.74) is 7.58. The number of fused-ring (bicyclic) bond motifs is 2. The van der Waals surface area contributed by atoms with Gasteiger partial charge in [0.25, 0.3) is 17.5 Å². The van der Waals surface area contributed by atoms with Gasteiger partial charge in [-0.05, 0) is 30.1 Å². The van der Waals surface area contributed by atoms with Crippen molar-refractivity contribution in [3.63, 3.8) is 0 Å². The first-order valence-corrected chi connectivity index (χ1v) is 8.87. The van der Waals surface area contributed by atoms with Crippen molar-refractivity contribution in [2.45, 2.75) is 30.5 Å². The lowest BCUT2D eigenvalue weighted by Crippen LogP contribution is -2.59. The topological polar surface area (TPSA) is 106 Å². The van der Waals surface area contributed by atoms with Gasteiger partial charge < -0.3 is 29.4 Å². The van der Waals surface area contributed by atoms with Crippen LogP contribution in [0.15, 0.2) is 53.1 Å². The summed E-state index contributed by atoms with van der Waals surface area (Å²) in [5.74, 6) is -4.67. The van der Waals surface area contributed by atoms with Crippen molar-refractivity contribution in [1.29, 1.82) is 0 Å². The number of carbonyl (C=O) groups excluding carboxylic acids is 2. The lowest BCUT2D eigenvalue weighted by molar-refractivity contribution is -0.278. The van der Waals surface area contributed by atoms with Crippen molar-refractivity contribution >= 4 is 11.9 Å². The van der Waals surface area contributed by atoms with Crippen molar-refractivity contribution in [2.24, 2.45) is 5.73 Å². The van der Waals surface area contributed by atoms with Crippen LogP contribution in [0.3, 0.4) is 0 Å². The van der Waals surface area contributed by atoms with E-state index in [9.17, 15) is 9.59 Å². The number of primary amides is 1. The van der Waals surface area contributed by atoms with E-state index in [1.54, 1.807) is 6.08 Å². The molecule has 0 spiro atoms. The molecule has 8 heteroatoms. The van der Waals surface area contributed by atoms with Gasteiger partial charge in [-0.3, -0.25) is 4.79 Å². The number of methoxy groups -OCH3 is 2. The summed E-state index contributed by atoms with van der Waals surface area (Å²) in [7, 11) is 2.84. The van der Waals surface area contributed by atoms with E-state index in [4.69, 9.17) is 29.4 Å². The highest BCUT2D eigenvalue weighted by atomic mass is 16.9. The molecule has 2 heterocycles. The predicted octanol–water partition coefficient (Wildman–Crippen LogP) is 0.956. The molecule has 1 saturated heterocycles. The Kier molecular flexibility index (Phi) is 4.59. The maximum absolute atomic E-state index is 12.6. The fourth-order valence-corrected chi connectivity index (χ4v) is 4.15. The summed E-state index contributed by atoms with van der Waals surface area (Å²) >= 11 is 0.